The number of nitrogen functional groups attached to an aromatic ring is 1. The minimum absolute atomic E-state index is 0.00512. The lowest BCUT2D eigenvalue weighted by molar-refractivity contribution is -0.117. The van der Waals surface area contributed by atoms with Gasteiger partial charge in [-0.15, -0.1) is 0 Å². The summed E-state index contributed by atoms with van der Waals surface area (Å²) < 4.78 is 5.03. The largest absolute Gasteiger partial charge is 0.462 e. The van der Waals surface area contributed by atoms with Gasteiger partial charge in [-0.25, -0.2) is 9.78 Å². The van der Waals surface area contributed by atoms with Gasteiger partial charge in [-0.3, -0.25) is 4.79 Å². The van der Waals surface area contributed by atoms with Crippen molar-refractivity contribution < 1.29 is 14.3 Å². The molecule has 42 heavy (non-hydrogen) atoms. The first-order valence-electron chi connectivity index (χ1n) is 14.5. The van der Waals surface area contributed by atoms with E-state index in [1.54, 1.807) is 19.1 Å². The van der Waals surface area contributed by atoms with E-state index in [-0.39, 0.29) is 18.4 Å². The summed E-state index contributed by atoms with van der Waals surface area (Å²) in [4.78, 5) is 49.3. The number of amides is 1. The van der Waals surface area contributed by atoms with Crippen LogP contribution in [0.5, 0.6) is 0 Å². The number of anilines is 5. The molecule has 3 aliphatic heterocycles. The SMILES string of the molecule is CCOC(=O)c1ccc(N2CCN(c3ccc4c(c3)CN(c3cc(N5CCN(C)CC5)nc(N)n3)CC4)C(=O)C2)nc1. The molecule has 0 spiro atoms. The molecule has 2 saturated heterocycles. The molecule has 6 rings (SSSR count). The number of piperazine rings is 2. The summed E-state index contributed by atoms with van der Waals surface area (Å²) in [7, 11) is 2.13. The smallest absolute Gasteiger partial charge is 0.339 e. The van der Waals surface area contributed by atoms with Crippen LogP contribution in [0.4, 0.5) is 29.1 Å². The number of hydrogen-bond acceptors (Lipinski definition) is 11. The molecular formula is C30H37N9O3. The maximum Gasteiger partial charge on any atom is 0.339 e. The van der Waals surface area contributed by atoms with Gasteiger partial charge in [0.05, 0.1) is 18.7 Å². The maximum absolute atomic E-state index is 13.3. The summed E-state index contributed by atoms with van der Waals surface area (Å²) in [5, 5.41) is 0. The first-order chi connectivity index (χ1) is 20.4. The van der Waals surface area contributed by atoms with Crippen LogP contribution >= 0.6 is 0 Å². The molecule has 0 aliphatic carbocycles. The molecule has 1 aromatic carbocycles. The van der Waals surface area contributed by atoms with Gasteiger partial charge in [-0.2, -0.15) is 9.97 Å². The second kappa shape index (κ2) is 11.8. The first kappa shape index (κ1) is 27.7. The van der Waals surface area contributed by atoms with Crippen molar-refractivity contribution in [3.05, 3.63) is 59.3 Å². The summed E-state index contributed by atoms with van der Waals surface area (Å²) in [5.74, 6) is 2.26. The topological polar surface area (TPSA) is 124 Å². The van der Waals surface area contributed by atoms with Crippen molar-refractivity contribution >= 4 is 41.0 Å². The second-order valence-corrected chi connectivity index (χ2v) is 10.9. The van der Waals surface area contributed by atoms with Crippen LogP contribution < -0.4 is 25.3 Å². The van der Waals surface area contributed by atoms with Gasteiger partial charge in [-0.05, 0) is 55.8 Å². The highest BCUT2D eigenvalue weighted by molar-refractivity contribution is 5.97. The average Bonchev–Trinajstić information content (AvgIpc) is 3.00. The molecule has 2 fully saturated rings. The third kappa shape index (κ3) is 5.80. The zero-order chi connectivity index (χ0) is 29.2. The van der Waals surface area contributed by atoms with E-state index in [0.29, 0.717) is 37.6 Å². The summed E-state index contributed by atoms with van der Waals surface area (Å²) in [6, 6.07) is 11.8. The molecule has 12 heteroatoms. The van der Waals surface area contributed by atoms with E-state index in [4.69, 9.17) is 10.5 Å². The van der Waals surface area contributed by atoms with Crippen molar-refractivity contribution in [3.8, 4) is 0 Å². The van der Waals surface area contributed by atoms with Crippen LogP contribution in [0.15, 0.2) is 42.6 Å². The van der Waals surface area contributed by atoms with Crippen LogP contribution in [0.1, 0.15) is 28.4 Å². The van der Waals surface area contributed by atoms with Gasteiger partial charge in [-0.1, -0.05) is 6.07 Å². The molecule has 1 amide bonds. The molecular weight excluding hydrogens is 534 g/mol. The molecule has 5 heterocycles. The zero-order valence-electron chi connectivity index (χ0n) is 24.2. The number of pyridine rings is 1. The van der Waals surface area contributed by atoms with E-state index in [1.165, 1.54) is 17.3 Å². The van der Waals surface area contributed by atoms with E-state index in [1.807, 2.05) is 21.9 Å². The van der Waals surface area contributed by atoms with Crippen molar-refractivity contribution in [2.75, 3.05) is 91.3 Å². The number of aromatic nitrogens is 3. The summed E-state index contributed by atoms with van der Waals surface area (Å²) >= 11 is 0. The van der Waals surface area contributed by atoms with Crippen molar-refractivity contribution in [2.24, 2.45) is 0 Å². The normalized spacial score (nSPS) is 17.8. The van der Waals surface area contributed by atoms with Crippen LogP contribution in [0.2, 0.25) is 0 Å². The second-order valence-electron chi connectivity index (χ2n) is 10.9. The Morgan fingerprint density at radius 1 is 0.857 bits per heavy atom. The minimum Gasteiger partial charge on any atom is -0.462 e. The third-order valence-electron chi connectivity index (χ3n) is 8.19. The van der Waals surface area contributed by atoms with Crippen LogP contribution in [0, 0.1) is 0 Å². The van der Waals surface area contributed by atoms with Crippen molar-refractivity contribution in [1.29, 1.82) is 0 Å². The van der Waals surface area contributed by atoms with Crippen molar-refractivity contribution in [2.45, 2.75) is 19.9 Å². The van der Waals surface area contributed by atoms with E-state index in [2.05, 4.69) is 48.8 Å². The zero-order valence-corrected chi connectivity index (χ0v) is 24.2. The fourth-order valence-corrected chi connectivity index (χ4v) is 5.76. The molecule has 0 atom stereocenters. The first-order valence-corrected chi connectivity index (χ1v) is 14.5. The highest BCUT2D eigenvalue weighted by Crippen LogP contribution is 2.30. The molecule has 220 valence electrons. The fourth-order valence-electron chi connectivity index (χ4n) is 5.76. The number of fused-ring (bicyclic) bond motifs is 1. The van der Waals surface area contributed by atoms with E-state index < -0.39 is 5.97 Å². The quantitative estimate of drug-likeness (QED) is 0.436. The number of carbonyl (C=O) groups excluding carboxylic acids is 2. The Hall–Kier alpha value is -4.45. The summed E-state index contributed by atoms with van der Waals surface area (Å²) in [5.41, 5.74) is 9.92. The Balaban J connectivity index is 1.13. The Kier molecular flexibility index (Phi) is 7.79. The van der Waals surface area contributed by atoms with Crippen LogP contribution in [0.25, 0.3) is 0 Å². The van der Waals surface area contributed by atoms with Crippen LogP contribution in [-0.2, 0) is 22.5 Å². The predicted molar refractivity (Wildman–Crippen MR) is 162 cm³/mol. The molecule has 2 N–H and O–H groups in total. The van der Waals surface area contributed by atoms with Gasteiger partial charge in [0.1, 0.15) is 17.5 Å². The molecule has 0 radical (unpaired) electrons. The molecule has 3 aromatic rings. The summed E-state index contributed by atoms with van der Waals surface area (Å²) in [6.07, 6.45) is 2.39. The Labute approximate surface area is 245 Å². The highest BCUT2D eigenvalue weighted by Gasteiger charge is 2.28. The standard InChI is InChI=1S/C30H37N9O3/c1-3-42-29(41)22-5-7-25(32-18-22)38-14-15-39(28(40)20-38)24-6-4-21-8-9-37(19-23(21)16-24)27-17-26(33-30(31)34-27)36-12-10-35(2)11-13-36/h4-7,16-18H,3,8-15,19-20H2,1-2H3,(H2,31,33,34). The van der Waals surface area contributed by atoms with Crippen molar-refractivity contribution in [1.82, 2.24) is 19.9 Å². The van der Waals surface area contributed by atoms with Crippen molar-refractivity contribution in [3.63, 3.8) is 0 Å². The summed E-state index contributed by atoms with van der Waals surface area (Å²) in [6.45, 7) is 8.79. The lowest BCUT2D eigenvalue weighted by Crippen LogP contribution is -2.51. The Morgan fingerprint density at radius 2 is 1.60 bits per heavy atom. The number of esters is 1. The third-order valence-corrected chi connectivity index (χ3v) is 8.19. The number of ether oxygens (including phenoxy) is 1. The number of nitrogens with zero attached hydrogens (tertiary/aromatic N) is 8. The molecule has 12 nitrogen and oxygen atoms in total. The van der Waals surface area contributed by atoms with Gasteiger partial charge >= 0.3 is 5.97 Å². The van der Waals surface area contributed by atoms with Gasteiger partial charge in [0.15, 0.2) is 0 Å². The lowest BCUT2D eigenvalue weighted by atomic mass is 9.98. The minimum atomic E-state index is -0.401. The number of carbonyl (C=O) groups is 2. The lowest BCUT2D eigenvalue weighted by Gasteiger charge is -2.36. The monoisotopic (exact) mass is 571 g/mol. The van der Waals surface area contributed by atoms with Gasteiger partial charge in [0, 0.05) is 70.3 Å². The van der Waals surface area contributed by atoms with E-state index in [9.17, 15) is 9.59 Å². The highest BCUT2D eigenvalue weighted by atomic mass is 16.5. The van der Waals surface area contributed by atoms with Gasteiger partial charge < -0.3 is 35.0 Å². The number of rotatable bonds is 6. The number of benzene rings is 1. The maximum atomic E-state index is 13.3. The number of nitrogens with two attached hydrogens (primary N) is 1. The fraction of sp³-hybridized carbons (Fsp3) is 0.433. The molecule has 3 aliphatic rings. The van der Waals surface area contributed by atoms with Crippen LogP contribution in [-0.4, -0.2) is 97.7 Å². The number of likely N-dealkylation sites (N-methyl/N-ethyl adjacent to an activating group) is 1. The molecule has 0 bridgehead atoms. The Bertz CT molecular complexity index is 1460. The van der Waals surface area contributed by atoms with E-state index >= 15 is 0 Å². The molecule has 2 aromatic heterocycles. The van der Waals surface area contributed by atoms with Crippen LogP contribution in [0.3, 0.4) is 0 Å². The number of hydrogen-bond donors (Lipinski definition) is 1. The molecule has 0 saturated carbocycles. The van der Waals surface area contributed by atoms with Gasteiger partial charge in [0.2, 0.25) is 11.9 Å². The predicted octanol–water partition coefficient (Wildman–Crippen LogP) is 1.80. The van der Waals surface area contributed by atoms with E-state index in [0.717, 1.165) is 56.5 Å². The van der Waals surface area contributed by atoms with Gasteiger partial charge in [0.25, 0.3) is 0 Å². The molecule has 0 unspecified atom stereocenters. The Morgan fingerprint density at radius 3 is 2.31 bits per heavy atom. The average molecular weight is 572 g/mol.